The maximum Gasteiger partial charge on any atom is 0.248 e. The molecule has 0 unspecified atom stereocenters. The number of ether oxygens (including phenoxy) is 2. The molecule has 4 heterocycles. The van der Waals surface area contributed by atoms with Gasteiger partial charge in [0.2, 0.25) is 11.6 Å². The third-order valence-electron chi connectivity index (χ3n) is 3.70. The molecule has 0 aliphatic heterocycles. The van der Waals surface area contributed by atoms with Crippen LogP contribution in [0.15, 0.2) is 47.4 Å². The maximum atomic E-state index is 7.68. The quantitative estimate of drug-likeness (QED) is 0.477. The van der Waals surface area contributed by atoms with Crippen molar-refractivity contribution in [3.63, 3.8) is 0 Å². The van der Waals surface area contributed by atoms with Gasteiger partial charge in [-0.2, -0.15) is 0 Å². The topological polar surface area (TPSA) is 96.1 Å². The van der Waals surface area contributed by atoms with E-state index in [1.807, 2.05) is 6.92 Å². The van der Waals surface area contributed by atoms with Gasteiger partial charge in [0.1, 0.15) is 35.6 Å². The number of rotatable bonds is 7. The third kappa shape index (κ3) is 4.06. The molecule has 0 radical (unpaired) electrons. The minimum atomic E-state index is -2.49. The first-order valence-electron chi connectivity index (χ1n) is 10.4. The van der Waals surface area contributed by atoms with Gasteiger partial charge in [-0.05, 0) is 31.5 Å². The zero-order chi connectivity index (χ0) is 22.9. The number of fused-ring (bicyclic) bond motifs is 1. The van der Waals surface area contributed by atoms with Crippen LogP contribution in [0.5, 0.6) is 11.5 Å². The summed E-state index contributed by atoms with van der Waals surface area (Å²) in [6.45, 7) is 0.599. The van der Waals surface area contributed by atoms with Crippen LogP contribution in [0.4, 0.5) is 0 Å². The van der Waals surface area contributed by atoms with E-state index in [-0.39, 0.29) is 12.4 Å². The second-order valence-electron chi connectivity index (χ2n) is 5.79. The molecule has 0 saturated heterocycles. The van der Waals surface area contributed by atoms with Gasteiger partial charge >= 0.3 is 0 Å². The van der Waals surface area contributed by atoms with Crippen molar-refractivity contribution in [3.05, 3.63) is 54.4 Å². The van der Waals surface area contributed by atoms with E-state index in [2.05, 4.69) is 24.9 Å². The van der Waals surface area contributed by atoms with Gasteiger partial charge in [0.15, 0.2) is 0 Å². The second kappa shape index (κ2) is 7.99. The summed E-state index contributed by atoms with van der Waals surface area (Å²) in [4.78, 5) is 21.0. The van der Waals surface area contributed by atoms with Gasteiger partial charge in [0.25, 0.3) is 0 Å². The summed E-state index contributed by atoms with van der Waals surface area (Å²) in [7, 11) is 0. The highest BCUT2D eigenvalue weighted by atomic mass is 16.5. The number of aromatic nitrogens is 5. The van der Waals surface area contributed by atoms with E-state index < -0.39 is 12.9 Å². The van der Waals surface area contributed by atoms with Crippen LogP contribution >= 0.6 is 0 Å². The Bertz CT molecular complexity index is 1240. The van der Waals surface area contributed by atoms with Crippen molar-refractivity contribution in [2.24, 2.45) is 0 Å². The summed E-state index contributed by atoms with van der Waals surface area (Å²) in [5, 5.41) is 0. The lowest BCUT2D eigenvalue weighted by Crippen LogP contribution is -2.00. The summed E-state index contributed by atoms with van der Waals surface area (Å²) in [6.07, 6.45) is 2.10. The molecule has 0 atom stereocenters. The lowest BCUT2D eigenvalue weighted by atomic mass is 10.3. The van der Waals surface area contributed by atoms with E-state index >= 15 is 0 Å². The Morgan fingerprint density at radius 3 is 2.71 bits per heavy atom. The van der Waals surface area contributed by atoms with Crippen molar-refractivity contribution in [1.82, 2.24) is 24.9 Å². The smallest absolute Gasteiger partial charge is 0.248 e. The lowest BCUT2D eigenvalue weighted by Gasteiger charge is -2.07. The van der Waals surface area contributed by atoms with E-state index in [9.17, 15) is 0 Å². The van der Waals surface area contributed by atoms with E-state index in [0.717, 1.165) is 12.6 Å². The molecule has 0 bridgehead atoms. The minimum absolute atomic E-state index is 0.114. The molecular weight excluding hydrogens is 358 g/mol. The molecule has 142 valence electrons. The van der Waals surface area contributed by atoms with Crippen LogP contribution in [0.3, 0.4) is 0 Å². The van der Waals surface area contributed by atoms with Crippen LogP contribution in [-0.2, 0) is 6.61 Å². The standard InChI is InChI=1S/C20H19N5O3/c1-3-6-26-15-5-4-14(21-9-15)11-27-16-8-18-19(22-10-16)28-20(25-18)17-7-13(2)23-12-24-17/h4-5,7-10,12H,3,6,11H2,1-2H3/i3D2,6D2. The Kier molecular flexibility index (Phi) is 3.88. The molecule has 4 aromatic heterocycles. The fourth-order valence-electron chi connectivity index (χ4n) is 2.39. The molecule has 0 N–H and O–H groups in total. The van der Waals surface area contributed by atoms with Crippen molar-refractivity contribution in [2.75, 3.05) is 6.56 Å². The molecule has 8 heteroatoms. The molecule has 8 nitrogen and oxygen atoms in total. The van der Waals surface area contributed by atoms with Gasteiger partial charge in [-0.15, -0.1) is 0 Å². The Morgan fingerprint density at radius 1 is 1.04 bits per heavy atom. The zero-order valence-electron chi connectivity index (χ0n) is 19.2. The average molecular weight is 381 g/mol. The summed E-state index contributed by atoms with van der Waals surface area (Å²) in [6, 6.07) is 6.57. The molecule has 0 fully saturated rings. The van der Waals surface area contributed by atoms with Crippen molar-refractivity contribution in [1.29, 1.82) is 0 Å². The van der Waals surface area contributed by atoms with Crippen LogP contribution in [0.2, 0.25) is 0 Å². The fraction of sp³-hybridized carbons (Fsp3) is 0.250. The van der Waals surface area contributed by atoms with Crippen molar-refractivity contribution in [2.45, 2.75) is 26.8 Å². The Hall–Kier alpha value is -3.55. The first kappa shape index (κ1) is 13.6. The molecule has 4 aromatic rings. The molecule has 0 aliphatic rings. The molecule has 0 amide bonds. The van der Waals surface area contributed by atoms with E-state index in [1.165, 1.54) is 24.8 Å². The van der Waals surface area contributed by atoms with E-state index in [1.54, 1.807) is 18.2 Å². The van der Waals surface area contributed by atoms with E-state index in [4.69, 9.17) is 19.4 Å². The van der Waals surface area contributed by atoms with Gasteiger partial charge in [-0.1, -0.05) is 6.92 Å². The van der Waals surface area contributed by atoms with Gasteiger partial charge in [-0.25, -0.2) is 19.9 Å². The monoisotopic (exact) mass is 381 g/mol. The largest absolute Gasteiger partial charge is 0.492 e. The molecule has 28 heavy (non-hydrogen) atoms. The van der Waals surface area contributed by atoms with Gasteiger partial charge < -0.3 is 13.9 Å². The summed E-state index contributed by atoms with van der Waals surface area (Å²) in [5.41, 5.74) is 2.79. The Labute approximate surface area is 167 Å². The summed E-state index contributed by atoms with van der Waals surface area (Å²) >= 11 is 0. The summed E-state index contributed by atoms with van der Waals surface area (Å²) in [5.74, 6) is 0.917. The lowest BCUT2D eigenvalue weighted by molar-refractivity contribution is 0.297. The molecule has 0 spiro atoms. The highest BCUT2D eigenvalue weighted by Gasteiger charge is 2.12. The molecule has 0 aromatic carbocycles. The zero-order valence-corrected chi connectivity index (χ0v) is 15.2. The highest BCUT2D eigenvalue weighted by Crippen LogP contribution is 2.24. The van der Waals surface area contributed by atoms with Gasteiger partial charge in [0, 0.05) is 14.5 Å². The molecule has 0 aliphatic carbocycles. The van der Waals surface area contributed by atoms with Crippen LogP contribution in [0, 0.1) is 6.92 Å². The Balaban J connectivity index is 1.43. The predicted molar refractivity (Wildman–Crippen MR) is 102 cm³/mol. The second-order valence-corrected chi connectivity index (χ2v) is 5.79. The van der Waals surface area contributed by atoms with Crippen LogP contribution in [-0.4, -0.2) is 31.5 Å². The highest BCUT2D eigenvalue weighted by molar-refractivity contribution is 5.73. The minimum Gasteiger partial charge on any atom is -0.492 e. The van der Waals surface area contributed by atoms with Gasteiger partial charge in [0.05, 0.1) is 27.4 Å². The summed E-state index contributed by atoms with van der Waals surface area (Å²) < 4.78 is 46.9. The predicted octanol–water partition coefficient (Wildman–Crippen LogP) is 3.75. The Morgan fingerprint density at radius 2 is 1.93 bits per heavy atom. The van der Waals surface area contributed by atoms with Crippen LogP contribution < -0.4 is 9.47 Å². The maximum absolute atomic E-state index is 7.68. The number of hydrogen-bond donors (Lipinski definition) is 0. The van der Waals surface area contributed by atoms with Gasteiger partial charge in [-0.3, -0.25) is 4.98 Å². The fourth-order valence-corrected chi connectivity index (χ4v) is 2.39. The van der Waals surface area contributed by atoms with Crippen LogP contribution in [0.25, 0.3) is 22.8 Å². The number of oxazole rings is 1. The molecule has 4 rings (SSSR count). The van der Waals surface area contributed by atoms with Crippen LogP contribution in [0.1, 0.15) is 30.2 Å². The number of nitrogens with zero attached hydrogens (tertiary/aromatic N) is 5. The SMILES string of the molecule is [2H]C([2H])(C)C([2H])([2H])Oc1ccc(COc2cnc3oc(-c4cc(C)ncn4)nc3c2)nc1. The molecular formula is C20H19N5O3. The van der Waals surface area contributed by atoms with Crippen molar-refractivity contribution < 1.29 is 19.4 Å². The van der Waals surface area contributed by atoms with E-state index in [0.29, 0.717) is 34.3 Å². The number of hydrogen-bond acceptors (Lipinski definition) is 8. The third-order valence-corrected chi connectivity index (χ3v) is 3.70. The van der Waals surface area contributed by atoms with Crippen molar-refractivity contribution >= 4 is 11.2 Å². The van der Waals surface area contributed by atoms with Crippen molar-refractivity contribution in [3.8, 4) is 23.1 Å². The number of pyridine rings is 2. The average Bonchev–Trinajstić information content (AvgIpc) is 3.16. The number of aryl methyl sites for hydroxylation is 1. The normalized spacial score (nSPS) is 14.1. The first-order chi connectivity index (χ1) is 15.1. The first-order valence-corrected chi connectivity index (χ1v) is 8.43. The molecule has 0 saturated carbocycles.